The highest BCUT2D eigenvalue weighted by molar-refractivity contribution is 5.92. The maximum atomic E-state index is 5.95. The molecule has 0 spiro atoms. The summed E-state index contributed by atoms with van der Waals surface area (Å²) in [6, 6.07) is 8.39. The van der Waals surface area contributed by atoms with Crippen molar-refractivity contribution in [2.24, 2.45) is 5.10 Å². The number of aromatic nitrogens is 4. The Morgan fingerprint density at radius 3 is 2.74 bits per heavy atom. The van der Waals surface area contributed by atoms with Crippen LogP contribution in [0.4, 0.5) is 11.6 Å². The lowest BCUT2D eigenvalue weighted by Gasteiger charge is -2.26. The Morgan fingerprint density at radius 1 is 1.15 bits per heavy atom. The van der Waals surface area contributed by atoms with Crippen molar-refractivity contribution in [3.63, 3.8) is 0 Å². The molecule has 1 aliphatic heterocycles. The van der Waals surface area contributed by atoms with E-state index in [2.05, 4.69) is 54.1 Å². The molecule has 10 nitrogen and oxygen atoms in total. The predicted molar refractivity (Wildman–Crippen MR) is 135 cm³/mol. The monoisotopic (exact) mass is 466 g/mol. The van der Waals surface area contributed by atoms with E-state index in [0.29, 0.717) is 24.4 Å². The number of nitrogens with one attached hydrogen (secondary N) is 2. The average molecular weight is 467 g/mol. The van der Waals surface area contributed by atoms with E-state index < -0.39 is 0 Å². The number of aromatic amines is 1. The quantitative estimate of drug-likeness (QED) is 0.310. The van der Waals surface area contributed by atoms with Gasteiger partial charge in [0.2, 0.25) is 5.95 Å². The zero-order valence-electron chi connectivity index (χ0n) is 20.0. The number of hydrogen-bond acceptors (Lipinski definition) is 9. The Hall–Kier alpha value is -3.24. The van der Waals surface area contributed by atoms with E-state index in [9.17, 15) is 0 Å². The van der Waals surface area contributed by atoms with Crippen LogP contribution in [0.25, 0.3) is 10.9 Å². The third-order valence-corrected chi connectivity index (χ3v) is 5.59. The summed E-state index contributed by atoms with van der Waals surface area (Å²) in [5.41, 5.74) is 5.03. The van der Waals surface area contributed by atoms with Crippen molar-refractivity contribution >= 4 is 28.8 Å². The highest BCUT2D eigenvalue weighted by Crippen LogP contribution is 2.22. The normalized spacial score (nSPS) is 14.6. The molecule has 1 saturated heterocycles. The van der Waals surface area contributed by atoms with Crippen LogP contribution in [0.15, 0.2) is 35.6 Å². The van der Waals surface area contributed by atoms with E-state index in [0.717, 1.165) is 75.4 Å². The minimum absolute atomic E-state index is 0.323. The first kappa shape index (κ1) is 23.9. The van der Waals surface area contributed by atoms with Gasteiger partial charge in [0.25, 0.3) is 0 Å². The molecule has 1 fully saturated rings. The second kappa shape index (κ2) is 12.3. The molecule has 1 aliphatic rings. The predicted octanol–water partition coefficient (Wildman–Crippen LogP) is 3.14. The molecule has 0 radical (unpaired) electrons. The SMILES string of the molecule is CCCN(CCC)c1nc(/C=N/Nc2c[nH]c3ccccc23)nc(OCCN2CCOCC2)n1. The minimum atomic E-state index is 0.323. The summed E-state index contributed by atoms with van der Waals surface area (Å²) >= 11 is 0. The molecule has 0 saturated carbocycles. The minimum Gasteiger partial charge on any atom is -0.462 e. The van der Waals surface area contributed by atoms with Crippen molar-refractivity contribution in [3.8, 4) is 6.01 Å². The number of benzene rings is 1. The van der Waals surface area contributed by atoms with E-state index in [-0.39, 0.29) is 0 Å². The molecule has 0 aliphatic carbocycles. The lowest BCUT2D eigenvalue weighted by atomic mass is 10.2. The topological polar surface area (TPSA) is 104 Å². The Bertz CT molecular complexity index is 1060. The Morgan fingerprint density at radius 2 is 1.94 bits per heavy atom. The number of ether oxygens (including phenoxy) is 2. The fraction of sp³-hybridized carbons (Fsp3) is 0.500. The highest BCUT2D eigenvalue weighted by Gasteiger charge is 2.14. The summed E-state index contributed by atoms with van der Waals surface area (Å²) in [4.78, 5) is 21.5. The van der Waals surface area contributed by atoms with Crippen molar-refractivity contribution in [3.05, 3.63) is 36.3 Å². The number of hydrazone groups is 1. The lowest BCUT2D eigenvalue weighted by molar-refractivity contribution is 0.0317. The first-order valence-corrected chi connectivity index (χ1v) is 12.1. The molecule has 3 aromatic rings. The zero-order chi connectivity index (χ0) is 23.6. The number of fused-ring (bicyclic) bond motifs is 1. The van der Waals surface area contributed by atoms with Gasteiger partial charge in [0.05, 0.1) is 25.1 Å². The molecule has 0 bridgehead atoms. The number of rotatable bonds is 12. The Labute approximate surface area is 200 Å². The molecule has 4 rings (SSSR count). The van der Waals surface area contributed by atoms with E-state index >= 15 is 0 Å². The standard InChI is InChI=1S/C24H34N8O2/c1-3-9-32(10-4-2)23-27-22(18-26-30-21-17-25-20-8-6-5-7-19(20)21)28-24(29-23)34-16-13-31-11-14-33-15-12-31/h5-8,17-18,25,30H,3-4,9-16H2,1-2H3/b26-18+. The van der Waals surface area contributed by atoms with Crippen LogP contribution in [0, 0.1) is 0 Å². The van der Waals surface area contributed by atoms with E-state index in [1.165, 1.54) is 0 Å². The Kier molecular flexibility index (Phi) is 8.64. The molecule has 2 N–H and O–H groups in total. The third kappa shape index (κ3) is 6.42. The summed E-state index contributed by atoms with van der Waals surface area (Å²) in [6.45, 7) is 10.7. The van der Waals surface area contributed by atoms with Gasteiger partial charge in [0.15, 0.2) is 5.82 Å². The summed E-state index contributed by atoms with van der Waals surface area (Å²) in [5, 5.41) is 5.45. The maximum absolute atomic E-state index is 5.95. The van der Waals surface area contributed by atoms with E-state index in [1.54, 1.807) is 6.21 Å². The maximum Gasteiger partial charge on any atom is 0.321 e. The van der Waals surface area contributed by atoms with Crippen molar-refractivity contribution < 1.29 is 9.47 Å². The van der Waals surface area contributed by atoms with Crippen LogP contribution in [0.5, 0.6) is 6.01 Å². The first-order valence-electron chi connectivity index (χ1n) is 12.1. The van der Waals surface area contributed by atoms with Crippen LogP contribution in [0.3, 0.4) is 0 Å². The van der Waals surface area contributed by atoms with Gasteiger partial charge in [-0.1, -0.05) is 32.0 Å². The second-order valence-electron chi connectivity index (χ2n) is 8.18. The van der Waals surface area contributed by atoms with Crippen LogP contribution >= 0.6 is 0 Å². The van der Waals surface area contributed by atoms with Gasteiger partial charge in [-0.25, -0.2) is 0 Å². The molecule has 3 heterocycles. The number of nitrogens with zero attached hydrogens (tertiary/aromatic N) is 6. The summed E-state index contributed by atoms with van der Waals surface area (Å²) in [7, 11) is 0. The van der Waals surface area contributed by atoms with Crippen LogP contribution in [-0.2, 0) is 4.74 Å². The van der Waals surface area contributed by atoms with Crippen LogP contribution in [0.1, 0.15) is 32.5 Å². The van der Waals surface area contributed by atoms with Crippen LogP contribution < -0.4 is 15.1 Å². The smallest absolute Gasteiger partial charge is 0.321 e. The summed E-state index contributed by atoms with van der Waals surface area (Å²) in [5.74, 6) is 1.07. The van der Waals surface area contributed by atoms with Crippen molar-refractivity contribution in [2.45, 2.75) is 26.7 Å². The van der Waals surface area contributed by atoms with Gasteiger partial charge < -0.3 is 19.4 Å². The van der Waals surface area contributed by atoms with Gasteiger partial charge in [0.1, 0.15) is 6.61 Å². The molecule has 1 aromatic carbocycles. The van der Waals surface area contributed by atoms with Gasteiger partial charge in [-0.15, -0.1) is 0 Å². The molecular weight excluding hydrogens is 432 g/mol. The van der Waals surface area contributed by atoms with Gasteiger partial charge in [-0.3, -0.25) is 10.3 Å². The number of hydrogen-bond donors (Lipinski definition) is 2. The van der Waals surface area contributed by atoms with Gasteiger partial charge in [-0.05, 0) is 18.9 Å². The van der Waals surface area contributed by atoms with Gasteiger partial charge in [0, 0.05) is 49.8 Å². The first-order chi connectivity index (χ1) is 16.8. The molecule has 0 atom stereocenters. The Balaban J connectivity index is 1.48. The number of H-pyrrole nitrogens is 1. The third-order valence-electron chi connectivity index (χ3n) is 5.59. The highest BCUT2D eigenvalue weighted by atomic mass is 16.5. The molecule has 0 amide bonds. The van der Waals surface area contributed by atoms with E-state index in [4.69, 9.17) is 9.47 Å². The lowest BCUT2D eigenvalue weighted by Crippen LogP contribution is -2.38. The molecule has 2 aromatic heterocycles. The molecule has 10 heteroatoms. The molecule has 34 heavy (non-hydrogen) atoms. The van der Waals surface area contributed by atoms with Crippen LogP contribution in [0.2, 0.25) is 0 Å². The molecular formula is C24H34N8O2. The second-order valence-corrected chi connectivity index (χ2v) is 8.18. The van der Waals surface area contributed by atoms with Crippen molar-refractivity contribution in [1.82, 2.24) is 24.8 Å². The van der Waals surface area contributed by atoms with Gasteiger partial charge >= 0.3 is 6.01 Å². The largest absolute Gasteiger partial charge is 0.462 e. The van der Waals surface area contributed by atoms with Crippen LogP contribution in [-0.4, -0.2) is 83.6 Å². The number of anilines is 2. The number of morpholine rings is 1. The van der Waals surface area contributed by atoms with Crippen molar-refractivity contribution in [2.75, 3.05) is 62.9 Å². The summed E-state index contributed by atoms with van der Waals surface area (Å²) < 4.78 is 11.4. The zero-order valence-corrected chi connectivity index (χ0v) is 20.0. The number of para-hydroxylation sites is 1. The molecule has 182 valence electrons. The fourth-order valence-electron chi connectivity index (χ4n) is 3.89. The average Bonchev–Trinajstić information content (AvgIpc) is 3.28. The van der Waals surface area contributed by atoms with Gasteiger partial charge in [-0.2, -0.15) is 20.1 Å². The molecule has 0 unspecified atom stereocenters. The fourth-order valence-corrected chi connectivity index (χ4v) is 3.89. The van der Waals surface area contributed by atoms with Crippen molar-refractivity contribution in [1.29, 1.82) is 0 Å². The summed E-state index contributed by atoms with van der Waals surface area (Å²) in [6.07, 6.45) is 5.51. The van der Waals surface area contributed by atoms with E-state index in [1.807, 2.05) is 30.5 Å².